The first-order chi connectivity index (χ1) is 12.7. The zero-order chi connectivity index (χ0) is 18.4. The predicted molar refractivity (Wildman–Crippen MR) is 102 cm³/mol. The number of ether oxygens (including phenoxy) is 1. The van der Waals surface area contributed by atoms with Gasteiger partial charge in [0.15, 0.2) is 6.29 Å². The van der Waals surface area contributed by atoms with Crippen molar-refractivity contribution < 1.29 is 9.13 Å². The van der Waals surface area contributed by atoms with Gasteiger partial charge in [-0.05, 0) is 23.8 Å². The number of fused-ring (bicyclic) bond motifs is 1. The Morgan fingerprint density at radius 3 is 2.85 bits per heavy atom. The molecule has 26 heavy (non-hydrogen) atoms. The second kappa shape index (κ2) is 8.31. The van der Waals surface area contributed by atoms with Gasteiger partial charge in [-0.15, -0.1) is 0 Å². The average molecular weight is 352 g/mol. The fourth-order valence-electron chi connectivity index (χ4n) is 2.59. The van der Waals surface area contributed by atoms with Crippen molar-refractivity contribution in [3.8, 4) is 5.75 Å². The Morgan fingerprint density at radius 1 is 1.31 bits per heavy atom. The standard InChI is InChI=1S/C20H21FN4O/c1-15(21)7-8-16(9-10-22)17-11-23-20-24-18(13-25(20)12-17)14-26-19-5-3-2-4-6-19/h2-9,11-13,20,24H,1,10,14,22H2/b8-7-,16-9+. The SMILES string of the molecule is C=C(F)/C=C\C(=C/CN)C1=CN2C=C(COc3ccccc3)NC2N=C1. The van der Waals surface area contributed by atoms with Crippen molar-refractivity contribution >= 4 is 6.21 Å². The molecule has 0 amide bonds. The molecule has 0 fully saturated rings. The molecule has 1 aromatic carbocycles. The van der Waals surface area contributed by atoms with E-state index in [0.29, 0.717) is 13.2 Å². The lowest BCUT2D eigenvalue weighted by Gasteiger charge is -2.23. The number of nitrogens with zero attached hydrogens (tertiary/aromatic N) is 2. The van der Waals surface area contributed by atoms with E-state index in [9.17, 15) is 4.39 Å². The summed E-state index contributed by atoms with van der Waals surface area (Å²) in [7, 11) is 0. The molecule has 5 nitrogen and oxygen atoms in total. The Morgan fingerprint density at radius 2 is 2.12 bits per heavy atom. The van der Waals surface area contributed by atoms with Gasteiger partial charge in [0, 0.05) is 30.7 Å². The Labute approximate surface area is 152 Å². The molecule has 0 bridgehead atoms. The van der Waals surface area contributed by atoms with Gasteiger partial charge in [-0.2, -0.15) is 0 Å². The minimum Gasteiger partial charge on any atom is -0.487 e. The van der Waals surface area contributed by atoms with E-state index in [4.69, 9.17) is 10.5 Å². The summed E-state index contributed by atoms with van der Waals surface area (Å²) in [6.45, 7) is 4.00. The Hall–Kier alpha value is -3.12. The summed E-state index contributed by atoms with van der Waals surface area (Å²) in [4.78, 5) is 6.44. The van der Waals surface area contributed by atoms with Crippen LogP contribution in [0.5, 0.6) is 5.75 Å². The van der Waals surface area contributed by atoms with Gasteiger partial charge in [-0.3, -0.25) is 0 Å². The first-order valence-electron chi connectivity index (χ1n) is 8.26. The van der Waals surface area contributed by atoms with Crippen LogP contribution in [0.2, 0.25) is 0 Å². The van der Waals surface area contributed by atoms with Crippen molar-refractivity contribution in [3.05, 3.63) is 90.2 Å². The molecule has 2 aliphatic rings. The molecule has 0 spiro atoms. The van der Waals surface area contributed by atoms with Gasteiger partial charge in [0.05, 0.1) is 5.70 Å². The number of allylic oxidation sites excluding steroid dienone is 5. The highest BCUT2D eigenvalue weighted by Gasteiger charge is 2.24. The minimum atomic E-state index is -0.512. The van der Waals surface area contributed by atoms with Crippen LogP contribution in [-0.2, 0) is 0 Å². The quantitative estimate of drug-likeness (QED) is 0.741. The third kappa shape index (κ3) is 4.49. The predicted octanol–water partition coefficient (Wildman–Crippen LogP) is 2.99. The molecule has 0 aliphatic carbocycles. The topological polar surface area (TPSA) is 62.9 Å². The largest absolute Gasteiger partial charge is 0.487 e. The van der Waals surface area contributed by atoms with E-state index < -0.39 is 5.83 Å². The molecule has 3 rings (SSSR count). The van der Waals surface area contributed by atoms with Crippen LogP contribution >= 0.6 is 0 Å². The lowest BCUT2D eigenvalue weighted by atomic mass is 10.1. The van der Waals surface area contributed by atoms with Crippen molar-refractivity contribution in [1.29, 1.82) is 0 Å². The van der Waals surface area contributed by atoms with Crippen LogP contribution in [0, 0.1) is 0 Å². The van der Waals surface area contributed by atoms with Gasteiger partial charge < -0.3 is 20.7 Å². The molecule has 0 radical (unpaired) electrons. The zero-order valence-electron chi connectivity index (χ0n) is 14.3. The normalized spacial score (nSPS) is 19.1. The second-order valence-electron chi connectivity index (χ2n) is 5.76. The van der Waals surface area contributed by atoms with Crippen molar-refractivity contribution in [3.63, 3.8) is 0 Å². The second-order valence-corrected chi connectivity index (χ2v) is 5.76. The smallest absolute Gasteiger partial charge is 0.199 e. The highest BCUT2D eigenvalue weighted by molar-refractivity contribution is 5.86. The number of hydrogen-bond donors (Lipinski definition) is 2. The maximum Gasteiger partial charge on any atom is 0.199 e. The van der Waals surface area contributed by atoms with E-state index in [1.807, 2.05) is 53.7 Å². The maximum absolute atomic E-state index is 12.9. The number of aliphatic imine (C=N–C) groups is 1. The molecule has 2 aliphatic heterocycles. The Bertz CT molecular complexity index is 808. The molecule has 0 aromatic heterocycles. The summed E-state index contributed by atoms with van der Waals surface area (Å²) in [5, 5.41) is 3.29. The molecule has 2 heterocycles. The van der Waals surface area contributed by atoms with Crippen molar-refractivity contribution in [1.82, 2.24) is 10.2 Å². The summed E-state index contributed by atoms with van der Waals surface area (Å²) >= 11 is 0. The van der Waals surface area contributed by atoms with Crippen LogP contribution < -0.4 is 15.8 Å². The van der Waals surface area contributed by atoms with Gasteiger partial charge in [-0.25, -0.2) is 9.38 Å². The monoisotopic (exact) mass is 352 g/mol. The van der Waals surface area contributed by atoms with Crippen LogP contribution in [0.4, 0.5) is 4.39 Å². The van der Waals surface area contributed by atoms with Gasteiger partial charge in [0.25, 0.3) is 0 Å². The molecule has 6 heteroatoms. The summed E-state index contributed by atoms with van der Waals surface area (Å²) in [6, 6.07) is 9.63. The zero-order valence-corrected chi connectivity index (χ0v) is 14.3. The molecule has 1 aromatic rings. The van der Waals surface area contributed by atoms with Crippen molar-refractivity contribution in [2.24, 2.45) is 10.7 Å². The fourth-order valence-corrected chi connectivity index (χ4v) is 2.59. The van der Waals surface area contributed by atoms with Gasteiger partial charge in [0.1, 0.15) is 18.2 Å². The number of benzene rings is 1. The summed E-state index contributed by atoms with van der Waals surface area (Å²) in [5.74, 6) is 0.298. The molecule has 0 saturated heterocycles. The van der Waals surface area contributed by atoms with E-state index in [-0.39, 0.29) is 6.29 Å². The number of nitrogens with two attached hydrogens (primary N) is 1. The Balaban J connectivity index is 1.69. The number of halogens is 1. The number of hydrogen-bond acceptors (Lipinski definition) is 5. The molecular weight excluding hydrogens is 331 g/mol. The number of rotatable bonds is 7. The molecular formula is C20H21FN4O. The van der Waals surface area contributed by atoms with Crippen LogP contribution in [0.1, 0.15) is 0 Å². The number of para-hydroxylation sites is 1. The van der Waals surface area contributed by atoms with Crippen molar-refractivity contribution in [2.75, 3.05) is 13.2 Å². The molecule has 3 N–H and O–H groups in total. The van der Waals surface area contributed by atoms with Gasteiger partial charge >= 0.3 is 0 Å². The van der Waals surface area contributed by atoms with E-state index in [0.717, 1.165) is 22.6 Å². The third-order valence-electron chi connectivity index (χ3n) is 3.80. The third-order valence-corrected chi connectivity index (χ3v) is 3.80. The lowest BCUT2D eigenvalue weighted by Crippen LogP contribution is -2.34. The van der Waals surface area contributed by atoms with E-state index in [1.165, 1.54) is 6.08 Å². The van der Waals surface area contributed by atoms with Crippen molar-refractivity contribution in [2.45, 2.75) is 6.29 Å². The van der Waals surface area contributed by atoms with E-state index in [1.54, 1.807) is 12.3 Å². The molecule has 0 saturated carbocycles. The minimum absolute atomic E-state index is 0.202. The van der Waals surface area contributed by atoms with Crippen LogP contribution in [0.15, 0.2) is 95.2 Å². The van der Waals surface area contributed by atoms with E-state index >= 15 is 0 Å². The highest BCUT2D eigenvalue weighted by Crippen LogP contribution is 2.22. The van der Waals surface area contributed by atoms with Crippen LogP contribution in [0.3, 0.4) is 0 Å². The summed E-state index contributed by atoms with van der Waals surface area (Å²) in [5.41, 5.74) is 8.16. The van der Waals surface area contributed by atoms with E-state index in [2.05, 4.69) is 16.9 Å². The maximum atomic E-state index is 12.9. The Kier molecular flexibility index (Phi) is 5.66. The molecule has 134 valence electrons. The first-order valence-corrected chi connectivity index (χ1v) is 8.26. The fraction of sp³-hybridized carbons (Fsp3) is 0.150. The number of nitrogens with one attached hydrogen (secondary N) is 1. The lowest BCUT2D eigenvalue weighted by molar-refractivity contribution is 0.331. The first kappa shape index (κ1) is 17.7. The van der Waals surface area contributed by atoms with Gasteiger partial charge in [-0.1, -0.05) is 36.9 Å². The summed E-state index contributed by atoms with van der Waals surface area (Å²) in [6.07, 6.45) is 10.2. The molecule has 1 unspecified atom stereocenters. The average Bonchev–Trinajstić information content (AvgIpc) is 3.06. The van der Waals surface area contributed by atoms with Crippen LogP contribution in [-0.4, -0.2) is 30.6 Å². The molecule has 1 atom stereocenters. The highest BCUT2D eigenvalue weighted by atomic mass is 19.1. The van der Waals surface area contributed by atoms with Crippen LogP contribution in [0.25, 0.3) is 0 Å². The van der Waals surface area contributed by atoms with Gasteiger partial charge in [0.2, 0.25) is 0 Å². The summed E-state index contributed by atoms with van der Waals surface area (Å²) < 4.78 is 18.7.